The summed E-state index contributed by atoms with van der Waals surface area (Å²) < 4.78 is 38.9. The molecule has 1 atom stereocenters. The van der Waals surface area contributed by atoms with Crippen LogP contribution in [0, 0.1) is 0 Å². The van der Waals surface area contributed by atoms with E-state index in [0.717, 1.165) is 25.0 Å². The van der Waals surface area contributed by atoms with Crippen LogP contribution in [0.25, 0.3) is 0 Å². The third kappa shape index (κ3) is 3.17. The summed E-state index contributed by atoms with van der Waals surface area (Å²) in [5, 5.41) is 0. The van der Waals surface area contributed by atoms with E-state index in [1.807, 2.05) is 0 Å². The van der Waals surface area contributed by atoms with Crippen LogP contribution in [0.5, 0.6) is 0 Å². The van der Waals surface area contributed by atoms with Gasteiger partial charge in [0.1, 0.15) is 6.04 Å². The summed E-state index contributed by atoms with van der Waals surface area (Å²) in [6, 6.07) is 2.84. The fraction of sp³-hybridized carbons (Fsp3) is 0.429. The number of nitrogens with two attached hydrogens (primary N) is 1. The fourth-order valence-corrected chi connectivity index (χ4v) is 2.61. The van der Waals surface area contributed by atoms with Crippen LogP contribution in [-0.2, 0) is 11.0 Å². The molecule has 1 saturated heterocycles. The molecule has 1 aliphatic rings. The standard InChI is InChI=1S/C14H15F3N2O2/c15-14(16,17)11-7-10(5-4-9(11)8-20)19-6-2-1-3-12(19)13(18)21/h4-5,7-8,12H,1-3,6H2,(H2,18,21). The Morgan fingerprint density at radius 2 is 2.05 bits per heavy atom. The number of primary amides is 1. The molecule has 0 spiro atoms. The molecule has 2 N–H and O–H groups in total. The van der Waals surface area contributed by atoms with E-state index >= 15 is 0 Å². The number of hydrogen-bond acceptors (Lipinski definition) is 3. The van der Waals surface area contributed by atoms with Gasteiger partial charge in [0.25, 0.3) is 0 Å². The number of piperidine rings is 1. The number of benzene rings is 1. The Labute approximate surface area is 119 Å². The Balaban J connectivity index is 2.44. The van der Waals surface area contributed by atoms with Gasteiger partial charge in [-0.3, -0.25) is 9.59 Å². The molecule has 1 aromatic carbocycles. The van der Waals surface area contributed by atoms with Gasteiger partial charge in [0.05, 0.1) is 5.56 Å². The van der Waals surface area contributed by atoms with Crippen molar-refractivity contribution in [1.29, 1.82) is 0 Å². The molecule has 0 radical (unpaired) electrons. The Morgan fingerprint density at radius 1 is 1.33 bits per heavy atom. The smallest absolute Gasteiger partial charge is 0.368 e. The average molecular weight is 300 g/mol. The fourth-order valence-electron chi connectivity index (χ4n) is 2.61. The van der Waals surface area contributed by atoms with Crippen molar-refractivity contribution in [2.75, 3.05) is 11.4 Å². The minimum absolute atomic E-state index is 0.175. The lowest BCUT2D eigenvalue weighted by atomic mass is 9.99. The summed E-state index contributed by atoms with van der Waals surface area (Å²) in [7, 11) is 0. The first-order valence-electron chi connectivity index (χ1n) is 6.57. The van der Waals surface area contributed by atoms with Crippen LogP contribution in [0.1, 0.15) is 35.2 Å². The number of carbonyl (C=O) groups is 2. The zero-order chi connectivity index (χ0) is 15.6. The molecule has 1 amide bonds. The van der Waals surface area contributed by atoms with Crippen molar-refractivity contribution in [1.82, 2.24) is 0 Å². The molecule has 114 valence electrons. The van der Waals surface area contributed by atoms with E-state index in [4.69, 9.17) is 5.73 Å². The lowest BCUT2D eigenvalue weighted by molar-refractivity contribution is -0.137. The number of alkyl halides is 3. The van der Waals surface area contributed by atoms with Crippen molar-refractivity contribution in [2.24, 2.45) is 5.73 Å². The Bertz CT molecular complexity index is 558. The molecule has 7 heteroatoms. The molecule has 1 aromatic rings. The minimum atomic E-state index is -4.62. The quantitative estimate of drug-likeness (QED) is 0.872. The molecule has 1 aliphatic heterocycles. The molecule has 0 bridgehead atoms. The molecular weight excluding hydrogens is 285 g/mol. The van der Waals surface area contributed by atoms with Gasteiger partial charge in [-0.05, 0) is 37.5 Å². The topological polar surface area (TPSA) is 63.4 Å². The van der Waals surface area contributed by atoms with Crippen molar-refractivity contribution < 1.29 is 22.8 Å². The second-order valence-corrected chi connectivity index (χ2v) is 4.99. The summed E-state index contributed by atoms with van der Waals surface area (Å²) in [5.41, 5.74) is 4.16. The Hall–Kier alpha value is -2.05. The molecule has 0 aromatic heterocycles. The molecule has 0 aliphatic carbocycles. The zero-order valence-electron chi connectivity index (χ0n) is 11.2. The van der Waals surface area contributed by atoms with E-state index in [1.165, 1.54) is 6.07 Å². The maximum absolute atomic E-state index is 13.0. The highest BCUT2D eigenvalue weighted by Crippen LogP contribution is 2.35. The predicted molar refractivity (Wildman–Crippen MR) is 71.0 cm³/mol. The van der Waals surface area contributed by atoms with Crippen molar-refractivity contribution in [3.63, 3.8) is 0 Å². The van der Waals surface area contributed by atoms with Crippen molar-refractivity contribution in [3.05, 3.63) is 29.3 Å². The Kier molecular flexibility index (Phi) is 4.20. The van der Waals surface area contributed by atoms with Gasteiger partial charge in [0.2, 0.25) is 5.91 Å². The molecule has 4 nitrogen and oxygen atoms in total. The van der Waals surface area contributed by atoms with Gasteiger partial charge in [-0.1, -0.05) is 0 Å². The van der Waals surface area contributed by atoms with E-state index in [9.17, 15) is 22.8 Å². The second kappa shape index (κ2) is 5.75. The van der Waals surface area contributed by atoms with Crippen LogP contribution in [0.2, 0.25) is 0 Å². The zero-order valence-corrected chi connectivity index (χ0v) is 11.2. The Morgan fingerprint density at radius 3 is 2.62 bits per heavy atom. The van der Waals surface area contributed by atoms with Gasteiger partial charge in [-0.25, -0.2) is 0 Å². The highest BCUT2D eigenvalue weighted by molar-refractivity contribution is 5.85. The first kappa shape index (κ1) is 15.3. The first-order valence-corrected chi connectivity index (χ1v) is 6.57. The van der Waals surface area contributed by atoms with Crippen molar-refractivity contribution in [3.8, 4) is 0 Å². The number of carbonyl (C=O) groups excluding carboxylic acids is 2. The number of halogens is 3. The van der Waals surface area contributed by atoms with Crippen LogP contribution in [0.4, 0.5) is 18.9 Å². The van der Waals surface area contributed by atoms with E-state index in [1.54, 1.807) is 4.90 Å². The van der Waals surface area contributed by atoms with Gasteiger partial charge in [0, 0.05) is 17.8 Å². The monoisotopic (exact) mass is 300 g/mol. The number of rotatable bonds is 3. The van der Waals surface area contributed by atoms with E-state index < -0.39 is 29.3 Å². The van der Waals surface area contributed by atoms with Crippen molar-refractivity contribution >= 4 is 17.9 Å². The van der Waals surface area contributed by atoms with Gasteiger partial charge in [-0.15, -0.1) is 0 Å². The number of hydrogen-bond donors (Lipinski definition) is 1. The van der Waals surface area contributed by atoms with Crippen molar-refractivity contribution in [2.45, 2.75) is 31.5 Å². The molecule has 1 fully saturated rings. The maximum Gasteiger partial charge on any atom is 0.417 e. The molecule has 1 unspecified atom stereocenters. The SMILES string of the molecule is NC(=O)C1CCCCN1c1ccc(C=O)c(C(F)(F)F)c1. The third-order valence-electron chi connectivity index (χ3n) is 3.63. The van der Waals surface area contributed by atoms with Crippen LogP contribution < -0.4 is 10.6 Å². The predicted octanol–water partition coefficient (Wildman–Crippen LogP) is 2.36. The van der Waals surface area contributed by atoms with Gasteiger partial charge in [0.15, 0.2) is 6.29 Å². The summed E-state index contributed by atoms with van der Waals surface area (Å²) in [6.45, 7) is 0.464. The largest absolute Gasteiger partial charge is 0.417 e. The van der Waals surface area contributed by atoms with Gasteiger partial charge >= 0.3 is 6.18 Å². The van der Waals surface area contributed by atoms with E-state index in [2.05, 4.69) is 0 Å². The first-order chi connectivity index (χ1) is 9.84. The van der Waals surface area contributed by atoms with E-state index in [0.29, 0.717) is 13.0 Å². The minimum Gasteiger partial charge on any atom is -0.368 e. The summed E-state index contributed by atoms with van der Waals surface area (Å²) in [4.78, 5) is 23.8. The summed E-state index contributed by atoms with van der Waals surface area (Å²) in [5.74, 6) is -0.553. The summed E-state index contributed by atoms with van der Waals surface area (Å²) in [6.07, 6.45) is -2.34. The number of aldehydes is 1. The number of nitrogens with zero attached hydrogens (tertiary/aromatic N) is 1. The van der Waals surface area contributed by atoms with E-state index in [-0.39, 0.29) is 12.0 Å². The highest BCUT2D eigenvalue weighted by Gasteiger charge is 2.35. The van der Waals surface area contributed by atoms with Gasteiger partial charge in [-0.2, -0.15) is 13.2 Å². The molecular formula is C14H15F3N2O2. The number of anilines is 1. The van der Waals surface area contributed by atoms with Crippen LogP contribution >= 0.6 is 0 Å². The average Bonchev–Trinajstić information content (AvgIpc) is 2.45. The summed E-state index contributed by atoms with van der Waals surface area (Å²) >= 11 is 0. The molecule has 2 rings (SSSR count). The lowest BCUT2D eigenvalue weighted by Gasteiger charge is -2.36. The molecule has 21 heavy (non-hydrogen) atoms. The van der Waals surface area contributed by atoms with Gasteiger partial charge < -0.3 is 10.6 Å². The normalized spacial score (nSPS) is 19.4. The second-order valence-electron chi connectivity index (χ2n) is 4.99. The van der Waals surface area contributed by atoms with Crippen LogP contribution in [0.3, 0.4) is 0 Å². The van der Waals surface area contributed by atoms with Crippen LogP contribution in [-0.4, -0.2) is 24.8 Å². The lowest BCUT2D eigenvalue weighted by Crippen LogP contribution is -2.47. The maximum atomic E-state index is 13.0. The highest BCUT2D eigenvalue weighted by atomic mass is 19.4. The van der Waals surface area contributed by atoms with Crippen LogP contribution in [0.15, 0.2) is 18.2 Å². The molecule has 0 saturated carbocycles. The molecule has 1 heterocycles. The number of amides is 1. The third-order valence-corrected chi connectivity index (χ3v) is 3.63.